The van der Waals surface area contributed by atoms with Gasteiger partial charge in [-0.2, -0.15) is 4.31 Å². The molecule has 1 aliphatic rings. The quantitative estimate of drug-likeness (QED) is 0.796. The van der Waals surface area contributed by atoms with Crippen molar-refractivity contribution in [1.82, 2.24) is 9.21 Å². The van der Waals surface area contributed by atoms with E-state index in [1.54, 1.807) is 22.5 Å². The number of rotatable bonds is 3. The van der Waals surface area contributed by atoms with Crippen molar-refractivity contribution in [3.63, 3.8) is 0 Å². The van der Waals surface area contributed by atoms with Gasteiger partial charge in [-0.3, -0.25) is 4.79 Å². The second-order valence-corrected chi connectivity index (χ2v) is 7.56. The molecule has 0 spiro atoms. The predicted octanol–water partition coefficient (Wildman–Crippen LogP) is 1.60. The molecule has 1 fully saturated rings. The lowest BCUT2D eigenvalue weighted by atomic mass is 10.2. The second-order valence-electron chi connectivity index (χ2n) is 5.66. The molecule has 1 saturated heterocycles. The summed E-state index contributed by atoms with van der Waals surface area (Å²) in [6, 6.07) is 6.21. The Hall–Kier alpha value is -1.24. The lowest BCUT2D eigenvalue weighted by Gasteiger charge is -2.27. The van der Waals surface area contributed by atoms with Crippen LogP contribution in [0.15, 0.2) is 29.2 Å². The van der Waals surface area contributed by atoms with E-state index in [0.29, 0.717) is 18.7 Å². The zero-order valence-corrected chi connectivity index (χ0v) is 13.6. The number of carbonyl (C=O) groups is 1. The lowest BCUT2D eigenvalue weighted by Crippen LogP contribution is -2.41. The monoisotopic (exact) mass is 310 g/mol. The number of nitrogens with zero attached hydrogens (tertiary/aromatic N) is 2. The number of sulfonamides is 1. The molecule has 1 heterocycles. The fourth-order valence-electron chi connectivity index (χ4n) is 2.72. The summed E-state index contributed by atoms with van der Waals surface area (Å²) in [5, 5.41) is 0. The van der Waals surface area contributed by atoms with Crippen molar-refractivity contribution >= 4 is 15.8 Å². The third kappa shape index (κ3) is 3.51. The zero-order valence-electron chi connectivity index (χ0n) is 12.7. The average molecular weight is 310 g/mol. The molecule has 1 atom stereocenters. The molecule has 1 aromatic carbocycles. The fourth-order valence-corrected chi connectivity index (χ4v) is 4.43. The molecule has 116 valence electrons. The van der Waals surface area contributed by atoms with Gasteiger partial charge in [0.2, 0.25) is 10.0 Å². The first-order valence-electron chi connectivity index (χ1n) is 7.14. The summed E-state index contributed by atoms with van der Waals surface area (Å²) in [7, 11) is -1.56. The first-order valence-corrected chi connectivity index (χ1v) is 8.58. The summed E-state index contributed by atoms with van der Waals surface area (Å²) in [4.78, 5) is 13.8. The predicted molar refractivity (Wildman–Crippen MR) is 81.9 cm³/mol. The van der Waals surface area contributed by atoms with Crippen LogP contribution >= 0.6 is 0 Å². The number of ketones is 1. The van der Waals surface area contributed by atoms with Gasteiger partial charge in [-0.25, -0.2) is 8.42 Å². The second kappa shape index (κ2) is 6.25. The molecule has 5 nitrogen and oxygen atoms in total. The van der Waals surface area contributed by atoms with Crippen LogP contribution in [0.4, 0.5) is 0 Å². The van der Waals surface area contributed by atoms with Crippen molar-refractivity contribution < 1.29 is 13.2 Å². The maximum Gasteiger partial charge on any atom is 0.243 e. The molecule has 0 N–H and O–H groups in total. The Morgan fingerprint density at radius 1 is 1.29 bits per heavy atom. The molecule has 6 heteroatoms. The van der Waals surface area contributed by atoms with Crippen molar-refractivity contribution in [2.45, 2.75) is 31.2 Å². The number of hydrogen-bond donors (Lipinski definition) is 0. The van der Waals surface area contributed by atoms with Gasteiger partial charge in [0.25, 0.3) is 0 Å². The maximum atomic E-state index is 12.8. The molecule has 0 aromatic heterocycles. The summed E-state index contributed by atoms with van der Waals surface area (Å²) in [5.41, 5.74) is 0.427. The van der Waals surface area contributed by atoms with Crippen LogP contribution in [-0.2, 0) is 10.0 Å². The Morgan fingerprint density at radius 3 is 2.67 bits per heavy atom. The largest absolute Gasteiger partial charge is 0.305 e. The topological polar surface area (TPSA) is 57.7 Å². The highest BCUT2D eigenvalue weighted by molar-refractivity contribution is 7.89. The van der Waals surface area contributed by atoms with Gasteiger partial charge >= 0.3 is 0 Å². The molecular formula is C15H22N2O3S. The molecule has 2 rings (SSSR count). The first-order chi connectivity index (χ1) is 9.82. The maximum absolute atomic E-state index is 12.8. The lowest BCUT2D eigenvalue weighted by molar-refractivity contribution is 0.101. The van der Waals surface area contributed by atoms with Crippen molar-refractivity contribution in [3.8, 4) is 0 Å². The van der Waals surface area contributed by atoms with Crippen molar-refractivity contribution in [1.29, 1.82) is 0 Å². The minimum absolute atomic E-state index is 0.0801. The van der Waals surface area contributed by atoms with Gasteiger partial charge in [0.05, 0.1) is 4.90 Å². The third-order valence-electron chi connectivity index (χ3n) is 3.83. The smallest absolute Gasteiger partial charge is 0.243 e. The van der Waals surface area contributed by atoms with Gasteiger partial charge in [-0.05, 0) is 46.0 Å². The zero-order chi connectivity index (χ0) is 15.6. The number of benzene rings is 1. The molecule has 0 aliphatic carbocycles. The van der Waals surface area contributed by atoms with Crippen LogP contribution in [0, 0.1) is 0 Å². The van der Waals surface area contributed by atoms with Gasteiger partial charge in [-0.15, -0.1) is 0 Å². The highest BCUT2D eigenvalue weighted by Gasteiger charge is 2.31. The molecule has 1 aromatic rings. The average Bonchev–Trinajstić information content (AvgIpc) is 2.59. The Labute approximate surface area is 126 Å². The van der Waals surface area contributed by atoms with Crippen LogP contribution in [0.5, 0.6) is 0 Å². The van der Waals surface area contributed by atoms with E-state index in [9.17, 15) is 13.2 Å². The number of likely N-dealkylation sites (N-methyl/N-ethyl adjacent to an activating group) is 1. The molecule has 0 bridgehead atoms. The van der Waals surface area contributed by atoms with E-state index in [1.807, 2.05) is 14.0 Å². The summed E-state index contributed by atoms with van der Waals surface area (Å²) in [6.07, 6.45) is 0.812. The number of hydrogen-bond acceptors (Lipinski definition) is 4. The normalized spacial score (nSPS) is 22.0. The van der Waals surface area contributed by atoms with Crippen LogP contribution in [-0.4, -0.2) is 56.1 Å². The van der Waals surface area contributed by atoms with E-state index in [-0.39, 0.29) is 16.7 Å². The number of carbonyl (C=O) groups excluding carboxylic acids is 1. The molecule has 0 radical (unpaired) electrons. The van der Waals surface area contributed by atoms with E-state index >= 15 is 0 Å². The fraction of sp³-hybridized carbons (Fsp3) is 0.533. The van der Waals surface area contributed by atoms with E-state index in [2.05, 4.69) is 4.90 Å². The molecular weight excluding hydrogens is 288 g/mol. The van der Waals surface area contributed by atoms with Gasteiger partial charge in [0.15, 0.2) is 5.78 Å². The minimum Gasteiger partial charge on any atom is -0.305 e. The van der Waals surface area contributed by atoms with Gasteiger partial charge in [0.1, 0.15) is 0 Å². The van der Waals surface area contributed by atoms with Crippen molar-refractivity contribution in [2.24, 2.45) is 0 Å². The highest BCUT2D eigenvalue weighted by atomic mass is 32.2. The molecule has 0 amide bonds. The molecule has 1 aliphatic heterocycles. The van der Waals surface area contributed by atoms with E-state index < -0.39 is 10.0 Å². The summed E-state index contributed by atoms with van der Waals surface area (Å²) >= 11 is 0. The van der Waals surface area contributed by atoms with Gasteiger partial charge < -0.3 is 4.90 Å². The van der Waals surface area contributed by atoms with Crippen molar-refractivity contribution in [3.05, 3.63) is 29.8 Å². The molecule has 0 saturated carbocycles. The number of Topliss-reactive ketones (excluding diaryl/α,β-unsaturated/α-hetero) is 1. The van der Waals surface area contributed by atoms with E-state index in [4.69, 9.17) is 0 Å². The van der Waals surface area contributed by atoms with E-state index in [0.717, 1.165) is 13.0 Å². The van der Waals surface area contributed by atoms with Gasteiger partial charge in [-0.1, -0.05) is 12.1 Å². The van der Waals surface area contributed by atoms with Crippen LogP contribution in [0.3, 0.4) is 0 Å². The highest BCUT2D eigenvalue weighted by Crippen LogP contribution is 2.22. The third-order valence-corrected chi connectivity index (χ3v) is 5.84. The Kier molecular flexibility index (Phi) is 4.81. The van der Waals surface area contributed by atoms with Crippen LogP contribution in [0.2, 0.25) is 0 Å². The Balaban J connectivity index is 2.36. The first kappa shape index (κ1) is 16.1. The Bertz CT molecular complexity index is 628. The Morgan fingerprint density at radius 2 is 2.00 bits per heavy atom. The van der Waals surface area contributed by atoms with Crippen molar-refractivity contribution in [2.75, 3.05) is 26.7 Å². The SMILES string of the molecule is CC(=O)c1cccc(S(=O)(=O)N2CCCN(C)CC2C)c1. The van der Waals surface area contributed by atoms with Crippen LogP contribution in [0.1, 0.15) is 30.6 Å². The summed E-state index contributed by atoms with van der Waals surface area (Å²) < 4.78 is 27.2. The minimum atomic E-state index is -3.56. The molecule has 1 unspecified atom stereocenters. The van der Waals surface area contributed by atoms with Crippen LogP contribution < -0.4 is 0 Å². The van der Waals surface area contributed by atoms with Crippen LogP contribution in [0.25, 0.3) is 0 Å². The standard InChI is InChI=1S/C15H22N2O3S/c1-12-11-16(3)8-5-9-17(12)21(19,20)15-7-4-6-14(10-15)13(2)18/h4,6-7,10,12H,5,8-9,11H2,1-3H3. The summed E-state index contributed by atoms with van der Waals surface area (Å²) in [5.74, 6) is -0.129. The summed E-state index contributed by atoms with van der Waals surface area (Å²) in [6.45, 7) is 5.48. The molecule has 21 heavy (non-hydrogen) atoms. The van der Waals surface area contributed by atoms with Gasteiger partial charge in [0, 0.05) is 24.7 Å². The van der Waals surface area contributed by atoms with E-state index in [1.165, 1.54) is 13.0 Å².